The van der Waals surface area contributed by atoms with E-state index in [1.165, 1.54) is 12.1 Å². The highest BCUT2D eigenvalue weighted by Crippen LogP contribution is 2.31. The van der Waals surface area contributed by atoms with Crippen LogP contribution >= 0.6 is 31.9 Å². The monoisotopic (exact) mass is 503 g/mol. The van der Waals surface area contributed by atoms with Crippen molar-refractivity contribution in [1.82, 2.24) is 5.32 Å². The Hall–Kier alpha value is -2.15. The van der Waals surface area contributed by atoms with Gasteiger partial charge in [-0.1, -0.05) is 44.0 Å². The summed E-state index contributed by atoms with van der Waals surface area (Å²) in [5.74, 6) is -0.0139. The predicted molar refractivity (Wildman–Crippen MR) is 115 cm³/mol. The lowest BCUT2D eigenvalue weighted by atomic mass is 9.98. The SMILES string of the molecule is Oc1ccc(Br)cc1C1C=C(c2ccc(Br)cc2)NC(c2ccc(F)cc2)[NH2+]1. The number of quaternary nitrogens is 1. The summed E-state index contributed by atoms with van der Waals surface area (Å²) >= 11 is 6.96. The predicted octanol–water partition coefficient (Wildman–Crippen LogP) is 5.00. The van der Waals surface area contributed by atoms with E-state index in [0.29, 0.717) is 0 Å². The molecule has 4 N–H and O–H groups in total. The Morgan fingerprint density at radius 1 is 0.893 bits per heavy atom. The molecule has 0 fully saturated rings. The third kappa shape index (κ3) is 4.14. The summed E-state index contributed by atoms with van der Waals surface area (Å²) in [6.07, 6.45) is 1.98. The Bertz CT molecular complexity index is 1020. The van der Waals surface area contributed by atoms with Gasteiger partial charge in [0.05, 0.1) is 5.56 Å². The zero-order chi connectivity index (χ0) is 19.7. The van der Waals surface area contributed by atoms with Crippen molar-refractivity contribution >= 4 is 37.6 Å². The molecule has 0 radical (unpaired) electrons. The quantitative estimate of drug-likeness (QED) is 0.470. The van der Waals surface area contributed by atoms with Gasteiger partial charge in [-0.05, 0) is 60.2 Å². The molecule has 0 amide bonds. The van der Waals surface area contributed by atoms with Gasteiger partial charge in [0.15, 0.2) is 6.17 Å². The first-order chi connectivity index (χ1) is 13.5. The number of benzene rings is 3. The van der Waals surface area contributed by atoms with Gasteiger partial charge in [-0.3, -0.25) is 0 Å². The van der Waals surface area contributed by atoms with Crippen LogP contribution in [0.25, 0.3) is 5.70 Å². The molecule has 0 spiro atoms. The van der Waals surface area contributed by atoms with Gasteiger partial charge in [0.25, 0.3) is 0 Å². The van der Waals surface area contributed by atoms with E-state index in [2.05, 4.69) is 48.6 Å². The van der Waals surface area contributed by atoms with Crippen molar-refractivity contribution in [2.45, 2.75) is 12.2 Å². The van der Waals surface area contributed by atoms with E-state index in [4.69, 9.17) is 0 Å². The lowest BCUT2D eigenvalue weighted by Crippen LogP contribution is -2.89. The average Bonchev–Trinajstić information content (AvgIpc) is 2.70. The summed E-state index contributed by atoms with van der Waals surface area (Å²) < 4.78 is 15.3. The number of phenolic OH excluding ortho intramolecular Hbond substituents is 1. The highest BCUT2D eigenvalue weighted by molar-refractivity contribution is 9.10. The normalized spacial score (nSPS) is 19.0. The van der Waals surface area contributed by atoms with Crippen molar-refractivity contribution in [1.29, 1.82) is 0 Å². The second-order valence-electron chi connectivity index (χ2n) is 6.68. The summed E-state index contributed by atoms with van der Waals surface area (Å²) in [7, 11) is 0. The van der Waals surface area contributed by atoms with Crippen molar-refractivity contribution in [2.24, 2.45) is 0 Å². The standard InChI is InChI=1S/C22H17Br2FN2O/c23-15-5-1-13(2-6-15)19-12-20(18-11-16(24)7-10-21(18)28)27-22(26-19)14-3-8-17(25)9-4-14/h1-12,20,22,26-28H/p+1. The van der Waals surface area contributed by atoms with Crippen LogP contribution in [0.15, 0.2) is 81.8 Å². The Kier molecular flexibility index (Phi) is 5.53. The van der Waals surface area contributed by atoms with Crippen LogP contribution in [0.3, 0.4) is 0 Å². The zero-order valence-corrected chi connectivity index (χ0v) is 17.9. The molecule has 0 aromatic heterocycles. The average molecular weight is 505 g/mol. The van der Waals surface area contributed by atoms with E-state index in [-0.39, 0.29) is 23.8 Å². The molecule has 1 heterocycles. The van der Waals surface area contributed by atoms with Crippen LogP contribution in [0.1, 0.15) is 28.9 Å². The van der Waals surface area contributed by atoms with E-state index >= 15 is 0 Å². The zero-order valence-electron chi connectivity index (χ0n) is 14.7. The summed E-state index contributed by atoms with van der Waals surface area (Å²) in [4.78, 5) is 0. The van der Waals surface area contributed by atoms with E-state index in [9.17, 15) is 9.50 Å². The molecule has 3 nitrogen and oxygen atoms in total. The number of nitrogens with one attached hydrogen (secondary N) is 1. The fourth-order valence-electron chi connectivity index (χ4n) is 3.37. The summed E-state index contributed by atoms with van der Waals surface area (Å²) in [5, 5.41) is 16.1. The van der Waals surface area contributed by atoms with Gasteiger partial charge in [-0.15, -0.1) is 0 Å². The van der Waals surface area contributed by atoms with Crippen molar-refractivity contribution in [3.05, 3.63) is 104 Å². The molecule has 6 heteroatoms. The Morgan fingerprint density at radius 3 is 2.29 bits per heavy atom. The van der Waals surface area contributed by atoms with Crippen LogP contribution in [-0.4, -0.2) is 5.11 Å². The Morgan fingerprint density at radius 2 is 1.57 bits per heavy atom. The number of nitrogens with two attached hydrogens (primary N) is 1. The topological polar surface area (TPSA) is 48.9 Å². The summed E-state index contributed by atoms with van der Waals surface area (Å²) in [5.41, 5.74) is 3.79. The molecular formula is C22H18Br2FN2O+. The molecule has 28 heavy (non-hydrogen) atoms. The van der Waals surface area contributed by atoms with E-state index < -0.39 is 0 Å². The van der Waals surface area contributed by atoms with Crippen LogP contribution in [0.5, 0.6) is 5.75 Å². The van der Waals surface area contributed by atoms with Crippen LogP contribution < -0.4 is 10.6 Å². The van der Waals surface area contributed by atoms with Crippen LogP contribution in [0.4, 0.5) is 4.39 Å². The molecule has 2 atom stereocenters. The molecule has 0 saturated heterocycles. The summed E-state index contributed by atoms with van der Waals surface area (Å²) in [6.45, 7) is 0. The van der Waals surface area contributed by atoms with Crippen LogP contribution in [0, 0.1) is 5.82 Å². The van der Waals surface area contributed by atoms with Gasteiger partial charge in [0.1, 0.15) is 17.6 Å². The van der Waals surface area contributed by atoms with Crippen molar-refractivity contribution < 1.29 is 14.8 Å². The molecule has 0 saturated carbocycles. The third-order valence-corrected chi connectivity index (χ3v) is 5.81. The van der Waals surface area contributed by atoms with Gasteiger partial charge in [-0.25, -0.2) is 4.39 Å². The maximum absolute atomic E-state index is 13.4. The van der Waals surface area contributed by atoms with Crippen molar-refractivity contribution in [2.75, 3.05) is 0 Å². The van der Waals surface area contributed by atoms with Gasteiger partial charge in [0.2, 0.25) is 0 Å². The highest BCUT2D eigenvalue weighted by Gasteiger charge is 2.29. The Balaban J connectivity index is 1.76. The molecule has 0 bridgehead atoms. The maximum atomic E-state index is 13.4. The van der Waals surface area contributed by atoms with Gasteiger partial charge in [0, 0.05) is 26.3 Å². The lowest BCUT2D eigenvalue weighted by Gasteiger charge is -2.30. The first-order valence-electron chi connectivity index (χ1n) is 8.83. The van der Waals surface area contributed by atoms with E-state index in [0.717, 1.165) is 31.3 Å². The number of halogens is 3. The lowest BCUT2D eigenvalue weighted by molar-refractivity contribution is -0.731. The minimum Gasteiger partial charge on any atom is -0.507 e. The van der Waals surface area contributed by atoms with Crippen molar-refractivity contribution in [3.63, 3.8) is 0 Å². The van der Waals surface area contributed by atoms with E-state index in [1.54, 1.807) is 18.2 Å². The van der Waals surface area contributed by atoms with Crippen molar-refractivity contribution in [3.8, 4) is 5.75 Å². The molecule has 1 aliphatic rings. The minimum absolute atomic E-state index is 0.104. The molecule has 4 rings (SSSR count). The van der Waals surface area contributed by atoms with E-state index in [1.807, 2.05) is 36.4 Å². The molecule has 2 unspecified atom stereocenters. The second kappa shape index (κ2) is 8.07. The largest absolute Gasteiger partial charge is 0.507 e. The highest BCUT2D eigenvalue weighted by atomic mass is 79.9. The number of rotatable bonds is 3. The van der Waals surface area contributed by atoms with Crippen LogP contribution in [0.2, 0.25) is 0 Å². The fraction of sp³-hybridized carbons (Fsp3) is 0.0909. The minimum atomic E-state index is -0.260. The van der Waals surface area contributed by atoms with Gasteiger partial charge < -0.3 is 15.7 Å². The first kappa shape index (κ1) is 19.2. The molecule has 1 aliphatic heterocycles. The number of hydrogen-bond donors (Lipinski definition) is 3. The summed E-state index contributed by atoms with van der Waals surface area (Å²) in [6, 6.07) is 19.9. The first-order valence-corrected chi connectivity index (χ1v) is 10.4. The molecule has 3 aromatic rings. The smallest absolute Gasteiger partial charge is 0.186 e. The van der Waals surface area contributed by atoms with Gasteiger partial charge in [-0.2, -0.15) is 0 Å². The maximum Gasteiger partial charge on any atom is 0.186 e. The molecule has 142 valence electrons. The molecular weight excluding hydrogens is 487 g/mol. The second-order valence-corrected chi connectivity index (χ2v) is 8.51. The number of aromatic hydroxyl groups is 1. The molecule has 0 aliphatic carbocycles. The fourth-order valence-corrected chi connectivity index (χ4v) is 4.01. The van der Waals surface area contributed by atoms with Crippen LogP contribution in [-0.2, 0) is 0 Å². The number of hydrogen-bond acceptors (Lipinski definition) is 2. The van der Waals surface area contributed by atoms with Gasteiger partial charge >= 0.3 is 0 Å². The Labute approximate surface area is 179 Å². The third-order valence-electron chi connectivity index (χ3n) is 4.79. The number of phenols is 1. The molecule has 3 aromatic carbocycles.